The molecular formula is C21H30N2O5S. The van der Waals surface area contributed by atoms with Crippen molar-refractivity contribution in [3.8, 4) is 0 Å². The molecule has 1 spiro atoms. The molecule has 3 aliphatic rings. The Labute approximate surface area is 173 Å². The van der Waals surface area contributed by atoms with E-state index in [-0.39, 0.29) is 5.91 Å². The second kappa shape index (κ2) is 8.71. The van der Waals surface area contributed by atoms with Gasteiger partial charge in [0.05, 0.1) is 18.1 Å². The second-order valence-corrected chi connectivity index (χ2v) is 10.0. The molecule has 0 bridgehead atoms. The molecule has 3 aliphatic heterocycles. The van der Waals surface area contributed by atoms with E-state index in [9.17, 15) is 13.2 Å². The molecule has 3 saturated heterocycles. The Kier molecular flexibility index (Phi) is 6.24. The number of likely N-dealkylation sites (tertiary alicyclic amines) is 1. The summed E-state index contributed by atoms with van der Waals surface area (Å²) in [5.41, 5.74) is 0.979. The first-order chi connectivity index (χ1) is 14.0. The lowest BCUT2D eigenvalue weighted by atomic mass is 10.0. The van der Waals surface area contributed by atoms with Crippen molar-refractivity contribution in [3.05, 3.63) is 29.8 Å². The molecule has 3 heterocycles. The molecule has 4 rings (SSSR count). The van der Waals surface area contributed by atoms with E-state index >= 15 is 0 Å². The third-order valence-corrected chi connectivity index (χ3v) is 8.11. The van der Waals surface area contributed by atoms with Crippen molar-refractivity contribution in [1.82, 2.24) is 9.21 Å². The maximum absolute atomic E-state index is 12.7. The maximum atomic E-state index is 12.7. The fraction of sp³-hybridized carbons (Fsp3) is 0.667. The van der Waals surface area contributed by atoms with Crippen LogP contribution < -0.4 is 0 Å². The molecule has 0 unspecified atom stereocenters. The lowest BCUT2D eigenvalue weighted by molar-refractivity contribution is -0.187. The Morgan fingerprint density at radius 2 is 1.55 bits per heavy atom. The normalized spacial score (nSPS) is 22.8. The molecule has 0 atom stereocenters. The van der Waals surface area contributed by atoms with E-state index in [1.165, 1.54) is 0 Å². The third kappa shape index (κ3) is 4.66. The molecule has 8 heteroatoms. The van der Waals surface area contributed by atoms with Gasteiger partial charge in [-0.15, -0.1) is 0 Å². The van der Waals surface area contributed by atoms with Crippen LogP contribution in [0.25, 0.3) is 0 Å². The van der Waals surface area contributed by atoms with Gasteiger partial charge >= 0.3 is 0 Å². The number of hydrogen-bond donors (Lipinski definition) is 0. The zero-order valence-corrected chi connectivity index (χ0v) is 17.7. The van der Waals surface area contributed by atoms with Gasteiger partial charge in [-0.3, -0.25) is 4.79 Å². The van der Waals surface area contributed by atoms with Crippen molar-refractivity contribution in [3.63, 3.8) is 0 Å². The van der Waals surface area contributed by atoms with Gasteiger partial charge in [-0.1, -0.05) is 18.6 Å². The van der Waals surface area contributed by atoms with Crippen molar-refractivity contribution < 1.29 is 22.7 Å². The van der Waals surface area contributed by atoms with Crippen LogP contribution in [0, 0.1) is 0 Å². The van der Waals surface area contributed by atoms with Gasteiger partial charge in [0.15, 0.2) is 5.79 Å². The number of benzene rings is 1. The molecule has 0 radical (unpaired) electrons. The van der Waals surface area contributed by atoms with Crippen LogP contribution in [0.2, 0.25) is 0 Å². The minimum atomic E-state index is -3.40. The van der Waals surface area contributed by atoms with Crippen LogP contribution >= 0.6 is 0 Å². The van der Waals surface area contributed by atoms with E-state index in [2.05, 4.69) is 0 Å². The summed E-state index contributed by atoms with van der Waals surface area (Å²) in [5.74, 6) is -0.338. The Bertz CT molecular complexity index is 802. The van der Waals surface area contributed by atoms with Gasteiger partial charge in [0, 0.05) is 45.4 Å². The Hall–Kier alpha value is -1.48. The molecular weight excluding hydrogens is 392 g/mol. The van der Waals surface area contributed by atoms with Gasteiger partial charge in [-0.05, 0) is 37.0 Å². The number of hydrogen-bond acceptors (Lipinski definition) is 5. The summed E-state index contributed by atoms with van der Waals surface area (Å²) in [6.45, 7) is 3.80. The average Bonchev–Trinajstić information content (AvgIpc) is 3.21. The molecule has 1 aromatic carbocycles. The average molecular weight is 423 g/mol. The van der Waals surface area contributed by atoms with Gasteiger partial charge in [0.25, 0.3) is 0 Å². The maximum Gasteiger partial charge on any atom is 0.243 e. The van der Waals surface area contributed by atoms with E-state index in [0.29, 0.717) is 57.1 Å². The van der Waals surface area contributed by atoms with Crippen LogP contribution in [-0.4, -0.2) is 68.7 Å². The van der Waals surface area contributed by atoms with Crippen LogP contribution in [0.5, 0.6) is 0 Å². The van der Waals surface area contributed by atoms with Crippen molar-refractivity contribution in [2.24, 2.45) is 0 Å². The van der Waals surface area contributed by atoms with E-state index in [4.69, 9.17) is 9.47 Å². The SMILES string of the molecule is O=C(CCc1ccc(S(=O)(=O)N2CCCCC2)cc1)N1CCC2(CC1)OCCO2. The Morgan fingerprint density at radius 3 is 2.17 bits per heavy atom. The fourth-order valence-corrected chi connectivity index (χ4v) is 5.89. The molecule has 160 valence electrons. The first-order valence-corrected chi connectivity index (χ1v) is 12.1. The predicted octanol–water partition coefficient (Wildman–Crippen LogP) is 2.16. The summed E-state index contributed by atoms with van der Waals surface area (Å²) in [5, 5.41) is 0. The predicted molar refractivity (Wildman–Crippen MR) is 108 cm³/mol. The smallest absolute Gasteiger partial charge is 0.243 e. The van der Waals surface area contributed by atoms with E-state index < -0.39 is 15.8 Å². The quantitative estimate of drug-likeness (QED) is 0.727. The van der Waals surface area contributed by atoms with Crippen molar-refractivity contribution >= 4 is 15.9 Å². The van der Waals surface area contributed by atoms with Gasteiger partial charge in [-0.2, -0.15) is 4.31 Å². The van der Waals surface area contributed by atoms with Crippen LogP contribution in [0.4, 0.5) is 0 Å². The number of ether oxygens (including phenoxy) is 2. The molecule has 7 nitrogen and oxygen atoms in total. The van der Waals surface area contributed by atoms with Crippen molar-refractivity contribution in [2.45, 2.75) is 55.6 Å². The third-order valence-electron chi connectivity index (χ3n) is 6.20. The van der Waals surface area contributed by atoms with Gasteiger partial charge in [0.1, 0.15) is 0 Å². The minimum Gasteiger partial charge on any atom is -0.347 e. The summed E-state index contributed by atoms with van der Waals surface area (Å²) in [6, 6.07) is 7.00. The van der Waals surface area contributed by atoms with Crippen LogP contribution in [0.15, 0.2) is 29.2 Å². The summed E-state index contributed by atoms with van der Waals surface area (Å²) in [4.78, 5) is 14.8. The molecule has 3 fully saturated rings. The number of aryl methyl sites for hydroxylation is 1. The summed E-state index contributed by atoms with van der Waals surface area (Å²) in [6.07, 6.45) is 5.43. The molecule has 0 aromatic heterocycles. The Balaban J connectivity index is 1.28. The zero-order valence-electron chi connectivity index (χ0n) is 16.8. The highest BCUT2D eigenvalue weighted by Crippen LogP contribution is 2.31. The highest BCUT2D eigenvalue weighted by atomic mass is 32.2. The van der Waals surface area contributed by atoms with Crippen LogP contribution in [0.1, 0.15) is 44.1 Å². The fourth-order valence-electron chi connectivity index (χ4n) is 4.37. The van der Waals surface area contributed by atoms with E-state index in [0.717, 1.165) is 37.7 Å². The van der Waals surface area contributed by atoms with Gasteiger partial charge in [0.2, 0.25) is 15.9 Å². The molecule has 0 aliphatic carbocycles. The number of amides is 1. The molecule has 29 heavy (non-hydrogen) atoms. The number of nitrogens with zero attached hydrogens (tertiary/aromatic N) is 2. The number of piperidine rings is 2. The molecule has 1 aromatic rings. The topological polar surface area (TPSA) is 76.2 Å². The lowest BCUT2D eigenvalue weighted by Crippen LogP contribution is -2.47. The largest absolute Gasteiger partial charge is 0.347 e. The zero-order chi connectivity index (χ0) is 20.3. The summed E-state index contributed by atoms with van der Waals surface area (Å²) >= 11 is 0. The number of sulfonamides is 1. The summed E-state index contributed by atoms with van der Waals surface area (Å²) in [7, 11) is -3.40. The van der Waals surface area contributed by atoms with Gasteiger partial charge in [-0.25, -0.2) is 8.42 Å². The minimum absolute atomic E-state index is 0.128. The highest BCUT2D eigenvalue weighted by molar-refractivity contribution is 7.89. The van der Waals surface area contributed by atoms with Crippen LogP contribution in [-0.2, 0) is 30.7 Å². The summed E-state index contributed by atoms with van der Waals surface area (Å²) < 4.78 is 38.4. The first kappa shape index (κ1) is 20.8. The standard InChI is InChI=1S/C21H30N2O5S/c24-20(22-14-10-21(11-15-22)27-16-17-28-21)9-6-18-4-7-19(8-5-18)29(25,26)23-12-2-1-3-13-23/h4-5,7-8H,1-3,6,9-17H2. The number of carbonyl (C=O) groups excluding carboxylic acids is 1. The van der Waals surface area contributed by atoms with Crippen LogP contribution in [0.3, 0.4) is 0 Å². The molecule has 1 amide bonds. The Morgan fingerprint density at radius 1 is 0.931 bits per heavy atom. The van der Waals surface area contributed by atoms with Crippen molar-refractivity contribution in [2.75, 3.05) is 39.4 Å². The molecule has 0 N–H and O–H groups in total. The number of rotatable bonds is 5. The first-order valence-electron chi connectivity index (χ1n) is 10.6. The van der Waals surface area contributed by atoms with Crippen molar-refractivity contribution in [1.29, 1.82) is 0 Å². The van der Waals surface area contributed by atoms with Gasteiger partial charge < -0.3 is 14.4 Å². The molecule has 0 saturated carbocycles. The van der Waals surface area contributed by atoms with E-state index in [1.807, 2.05) is 17.0 Å². The highest BCUT2D eigenvalue weighted by Gasteiger charge is 2.40. The lowest BCUT2D eigenvalue weighted by Gasteiger charge is -2.37. The number of carbonyl (C=O) groups is 1. The monoisotopic (exact) mass is 422 g/mol. The van der Waals surface area contributed by atoms with E-state index in [1.54, 1.807) is 16.4 Å². The second-order valence-electron chi connectivity index (χ2n) is 8.10.